The Morgan fingerprint density at radius 1 is 1.67 bits per heavy atom. The molecular weight excluding hydrogens is 148 g/mol. The molecule has 50 valence electrons. The summed E-state index contributed by atoms with van der Waals surface area (Å²) in [5.41, 5.74) is 1.39. The second kappa shape index (κ2) is 3.28. The van der Waals surface area contributed by atoms with Crippen LogP contribution in [0.2, 0.25) is 0 Å². The first-order valence-corrected chi connectivity index (χ1v) is 4.55. The van der Waals surface area contributed by atoms with Crippen molar-refractivity contribution in [3.05, 3.63) is 21.9 Å². The molecule has 0 amide bonds. The summed E-state index contributed by atoms with van der Waals surface area (Å²) in [4.78, 5) is 1.48. The fourth-order valence-electron chi connectivity index (χ4n) is 0.818. The number of hydrogen-bond acceptors (Lipinski definition) is 2. The number of thiol groups is 1. The molecule has 0 aromatic carbocycles. The average Bonchev–Trinajstić information content (AvgIpc) is 2.33. The van der Waals surface area contributed by atoms with E-state index in [0.29, 0.717) is 0 Å². The second-order valence-corrected chi connectivity index (χ2v) is 3.20. The molecule has 0 saturated carbocycles. The van der Waals surface area contributed by atoms with E-state index in [9.17, 15) is 0 Å². The van der Waals surface area contributed by atoms with Crippen molar-refractivity contribution in [1.29, 1.82) is 0 Å². The van der Waals surface area contributed by atoms with Crippen LogP contribution in [0.15, 0.2) is 11.4 Å². The molecule has 0 radical (unpaired) electrons. The molecule has 1 aromatic heterocycles. The smallest absolute Gasteiger partial charge is 0.0165 e. The first kappa shape index (κ1) is 7.16. The molecule has 1 rings (SSSR count). The summed E-state index contributed by atoms with van der Waals surface area (Å²) in [5, 5.41) is 2.13. The van der Waals surface area contributed by atoms with Crippen LogP contribution >= 0.6 is 24.0 Å². The number of hydrogen-bond donors (Lipinski definition) is 1. The van der Waals surface area contributed by atoms with Crippen molar-refractivity contribution < 1.29 is 0 Å². The van der Waals surface area contributed by atoms with E-state index >= 15 is 0 Å². The standard InChI is InChI=1S/C7H10S2/c1-2-7-6(5-8)3-4-9-7/h3-4,8H,2,5H2,1H3. The largest absolute Gasteiger partial charge is 0.175 e. The SMILES string of the molecule is CCc1sccc1CS. The van der Waals surface area contributed by atoms with Crippen LogP contribution in [0.1, 0.15) is 17.4 Å². The Morgan fingerprint density at radius 2 is 2.44 bits per heavy atom. The van der Waals surface area contributed by atoms with Crippen LogP contribution in [0.4, 0.5) is 0 Å². The highest BCUT2D eigenvalue weighted by atomic mass is 32.1. The Balaban J connectivity index is 2.85. The molecule has 0 spiro atoms. The number of aryl methyl sites for hydroxylation is 1. The lowest BCUT2D eigenvalue weighted by molar-refractivity contribution is 1.15. The van der Waals surface area contributed by atoms with Crippen LogP contribution in [-0.2, 0) is 12.2 Å². The third-order valence-corrected chi connectivity index (χ3v) is 2.78. The zero-order valence-electron chi connectivity index (χ0n) is 5.42. The van der Waals surface area contributed by atoms with Crippen molar-refractivity contribution in [2.45, 2.75) is 19.1 Å². The predicted molar refractivity (Wildman–Crippen MR) is 46.4 cm³/mol. The van der Waals surface area contributed by atoms with Gasteiger partial charge in [0, 0.05) is 10.6 Å². The van der Waals surface area contributed by atoms with E-state index in [4.69, 9.17) is 0 Å². The summed E-state index contributed by atoms with van der Waals surface area (Å²) in [6.07, 6.45) is 1.15. The zero-order valence-corrected chi connectivity index (χ0v) is 7.14. The molecule has 0 unspecified atom stereocenters. The number of thiophene rings is 1. The van der Waals surface area contributed by atoms with Gasteiger partial charge in [-0.25, -0.2) is 0 Å². The van der Waals surface area contributed by atoms with Crippen molar-refractivity contribution in [1.82, 2.24) is 0 Å². The molecule has 2 heteroatoms. The molecule has 0 fully saturated rings. The maximum absolute atomic E-state index is 4.21. The normalized spacial score (nSPS) is 10.0. The van der Waals surface area contributed by atoms with Gasteiger partial charge in [0.15, 0.2) is 0 Å². The first-order chi connectivity index (χ1) is 4.38. The third-order valence-electron chi connectivity index (χ3n) is 1.33. The van der Waals surface area contributed by atoms with E-state index in [-0.39, 0.29) is 0 Å². The van der Waals surface area contributed by atoms with Crippen molar-refractivity contribution in [3.63, 3.8) is 0 Å². The summed E-state index contributed by atoms with van der Waals surface area (Å²) in [5.74, 6) is 0.882. The molecule has 1 heterocycles. The first-order valence-electron chi connectivity index (χ1n) is 3.04. The van der Waals surface area contributed by atoms with Gasteiger partial charge in [-0.15, -0.1) is 11.3 Å². The fourth-order valence-corrected chi connectivity index (χ4v) is 2.08. The van der Waals surface area contributed by atoms with E-state index in [0.717, 1.165) is 12.2 Å². The minimum Gasteiger partial charge on any atom is -0.175 e. The average molecular weight is 158 g/mol. The van der Waals surface area contributed by atoms with Crippen LogP contribution in [0, 0.1) is 0 Å². The van der Waals surface area contributed by atoms with Crippen LogP contribution in [-0.4, -0.2) is 0 Å². The second-order valence-electron chi connectivity index (χ2n) is 1.88. The maximum Gasteiger partial charge on any atom is 0.0165 e. The Labute approximate surface area is 65.3 Å². The highest BCUT2D eigenvalue weighted by molar-refractivity contribution is 7.79. The molecule has 9 heavy (non-hydrogen) atoms. The van der Waals surface area contributed by atoms with E-state index in [2.05, 4.69) is 31.0 Å². The summed E-state index contributed by atoms with van der Waals surface area (Å²) >= 11 is 6.03. The Hall–Kier alpha value is 0.0500. The Bertz CT molecular complexity index is 160. The molecule has 0 aliphatic rings. The maximum atomic E-state index is 4.21. The number of rotatable bonds is 2. The lowest BCUT2D eigenvalue weighted by Gasteiger charge is -1.92. The minimum absolute atomic E-state index is 0.882. The quantitative estimate of drug-likeness (QED) is 0.629. The fraction of sp³-hybridized carbons (Fsp3) is 0.429. The van der Waals surface area contributed by atoms with Crippen LogP contribution in [0.25, 0.3) is 0 Å². The van der Waals surface area contributed by atoms with E-state index in [1.807, 2.05) is 11.3 Å². The van der Waals surface area contributed by atoms with Crippen LogP contribution in [0.5, 0.6) is 0 Å². The van der Waals surface area contributed by atoms with Gasteiger partial charge in [-0.3, -0.25) is 0 Å². The van der Waals surface area contributed by atoms with Crippen molar-refractivity contribution in [3.8, 4) is 0 Å². The predicted octanol–water partition coefficient (Wildman–Crippen LogP) is 2.74. The lowest BCUT2D eigenvalue weighted by Crippen LogP contribution is -1.78. The van der Waals surface area contributed by atoms with Gasteiger partial charge in [-0.05, 0) is 23.4 Å². The van der Waals surface area contributed by atoms with Gasteiger partial charge in [0.1, 0.15) is 0 Å². The third kappa shape index (κ3) is 1.49. The molecular formula is C7H10S2. The van der Waals surface area contributed by atoms with Crippen molar-refractivity contribution in [2.24, 2.45) is 0 Å². The lowest BCUT2D eigenvalue weighted by atomic mass is 10.2. The summed E-state index contributed by atoms with van der Waals surface area (Å²) in [6, 6.07) is 2.15. The van der Waals surface area contributed by atoms with Crippen LogP contribution in [0.3, 0.4) is 0 Å². The summed E-state index contributed by atoms with van der Waals surface area (Å²) in [6.45, 7) is 2.18. The van der Waals surface area contributed by atoms with Crippen LogP contribution < -0.4 is 0 Å². The van der Waals surface area contributed by atoms with Gasteiger partial charge in [-0.2, -0.15) is 12.6 Å². The molecule has 0 N–H and O–H groups in total. The Kier molecular flexibility index (Phi) is 2.61. The molecule has 1 aromatic rings. The van der Waals surface area contributed by atoms with E-state index in [1.165, 1.54) is 10.4 Å². The van der Waals surface area contributed by atoms with E-state index in [1.54, 1.807) is 0 Å². The van der Waals surface area contributed by atoms with Gasteiger partial charge >= 0.3 is 0 Å². The molecule has 0 aliphatic heterocycles. The zero-order chi connectivity index (χ0) is 6.69. The molecule has 0 saturated heterocycles. The summed E-state index contributed by atoms with van der Waals surface area (Å²) < 4.78 is 0. The van der Waals surface area contributed by atoms with Gasteiger partial charge in [0.25, 0.3) is 0 Å². The molecule has 0 aliphatic carbocycles. The molecule has 0 bridgehead atoms. The van der Waals surface area contributed by atoms with Gasteiger partial charge in [-0.1, -0.05) is 6.92 Å². The molecule has 0 nitrogen and oxygen atoms in total. The van der Waals surface area contributed by atoms with E-state index < -0.39 is 0 Å². The molecule has 0 atom stereocenters. The Morgan fingerprint density at radius 3 is 2.89 bits per heavy atom. The van der Waals surface area contributed by atoms with Gasteiger partial charge < -0.3 is 0 Å². The minimum atomic E-state index is 0.882. The topological polar surface area (TPSA) is 0 Å². The highest BCUT2D eigenvalue weighted by Crippen LogP contribution is 2.18. The van der Waals surface area contributed by atoms with Gasteiger partial charge in [0.05, 0.1) is 0 Å². The highest BCUT2D eigenvalue weighted by Gasteiger charge is 1.97. The van der Waals surface area contributed by atoms with Crippen molar-refractivity contribution in [2.75, 3.05) is 0 Å². The monoisotopic (exact) mass is 158 g/mol. The van der Waals surface area contributed by atoms with Gasteiger partial charge in [0.2, 0.25) is 0 Å². The summed E-state index contributed by atoms with van der Waals surface area (Å²) in [7, 11) is 0. The van der Waals surface area contributed by atoms with Crippen molar-refractivity contribution >= 4 is 24.0 Å².